The van der Waals surface area contributed by atoms with Crippen LogP contribution < -0.4 is 0 Å². The van der Waals surface area contributed by atoms with Gasteiger partial charge in [0.05, 0.1) is 8.80 Å². The van der Waals surface area contributed by atoms with Crippen molar-refractivity contribution in [3.05, 3.63) is 129 Å². The third kappa shape index (κ3) is 6.24. The van der Waals surface area contributed by atoms with Gasteiger partial charge in [0.15, 0.2) is 0 Å². The molecule has 0 spiro atoms. The Labute approximate surface area is 293 Å². The molecule has 7 rings (SSSR count). The van der Waals surface area contributed by atoms with Gasteiger partial charge in [-0.3, -0.25) is 0 Å². The Morgan fingerprint density at radius 3 is 1.81 bits per heavy atom. The minimum Gasteiger partial charge on any atom is -0.0693 e. The number of benzene rings is 4. The van der Waals surface area contributed by atoms with E-state index in [1.807, 2.05) is 0 Å². The molecule has 0 radical (unpaired) electrons. The second kappa shape index (κ2) is 12.8. The van der Waals surface area contributed by atoms with Crippen LogP contribution in [0.15, 0.2) is 96.1 Å². The molecular weight excluding hydrogens is 593 g/mol. The molecule has 4 aromatic rings. The second-order valence-corrected chi connectivity index (χ2v) is 20.3. The third-order valence-electron chi connectivity index (χ3n) is 11.9. The molecule has 3 aliphatic carbocycles. The lowest BCUT2D eigenvalue weighted by Gasteiger charge is -2.34. The molecule has 0 amide bonds. The van der Waals surface area contributed by atoms with Crippen LogP contribution in [0.4, 0.5) is 0 Å². The maximum absolute atomic E-state index is 2.55. The van der Waals surface area contributed by atoms with Crippen LogP contribution in [0.2, 0.25) is 6.04 Å². The summed E-state index contributed by atoms with van der Waals surface area (Å²) in [5, 5.41) is 1.79. The van der Waals surface area contributed by atoms with Gasteiger partial charge in [0, 0.05) is 5.54 Å². The van der Waals surface area contributed by atoms with Gasteiger partial charge in [-0.1, -0.05) is 187 Å². The average molecular weight is 649 g/mol. The van der Waals surface area contributed by atoms with E-state index < -0.39 is 8.80 Å². The molecule has 0 nitrogen and oxygen atoms in total. The molecule has 4 aromatic carbocycles. The highest BCUT2D eigenvalue weighted by Gasteiger charge is 2.40. The number of rotatable bonds is 6. The highest BCUT2D eigenvalue weighted by molar-refractivity contribution is 6.81. The van der Waals surface area contributed by atoms with Crippen LogP contribution in [-0.2, 0) is 17.3 Å². The SMILES string of the molecule is CC1=Cc2cccc(-c3ccc(C(C)(C)C)cc3)c2C1[SiH](CC1CCCCC1)C1=C(C)Cc2cccc(-c3ccc(C(C)(C)C)cc3)c21. The van der Waals surface area contributed by atoms with Gasteiger partial charge in [-0.2, -0.15) is 0 Å². The van der Waals surface area contributed by atoms with Gasteiger partial charge < -0.3 is 0 Å². The van der Waals surface area contributed by atoms with Gasteiger partial charge in [-0.05, 0) is 92.7 Å². The fraction of sp³-hybridized carbons (Fsp3) is 0.404. The summed E-state index contributed by atoms with van der Waals surface area (Å²) in [7, 11) is -1.57. The lowest BCUT2D eigenvalue weighted by molar-refractivity contribution is 0.383. The standard InChI is InChI=1S/C47H56Si/c1-31-28-36-16-12-18-40(34-20-24-38(25-21-34)46(3,4)5)42(36)44(31)48(30-33-14-10-9-11-15-33)45-32(2)29-37-17-13-19-41(43(37)45)35-22-26-39(27-23-35)47(6,7)8/h12-13,16-28,33,44,48H,9-11,14-15,29-30H2,1-8H3. The fourth-order valence-corrected chi connectivity index (χ4v) is 14.3. The van der Waals surface area contributed by atoms with Crippen molar-refractivity contribution in [2.45, 2.75) is 116 Å². The summed E-state index contributed by atoms with van der Waals surface area (Å²) in [6, 6.07) is 34.7. The van der Waals surface area contributed by atoms with Gasteiger partial charge in [-0.25, -0.2) is 0 Å². The average Bonchev–Trinajstić information content (AvgIpc) is 3.58. The van der Waals surface area contributed by atoms with E-state index in [4.69, 9.17) is 0 Å². The fourth-order valence-electron chi connectivity index (χ4n) is 9.29. The van der Waals surface area contributed by atoms with E-state index in [0.29, 0.717) is 5.54 Å². The number of allylic oxidation sites excluding steroid dienone is 2. The molecule has 0 aromatic heterocycles. The second-order valence-electron chi connectivity index (χ2n) is 17.4. The van der Waals surface area contributed by atoms with Gasteiger partial charge in [-0.15, -0.1) is 0 Å². The highest BCUT2D eigenvalue weighted by atomic mass is 28.3. The quantitative estimate of drug-likeness (QED) is 0.183. The molecule has 2 unspecified atom stereocenters. The van der Waals surface area contributed by atoms with Crippen LogP contribution in [0.5, 0.6) is 0 Å². The first-order chi connectivity index (χ1) is 22.9. The maximum Gasteiger partial charge on any atom is 0.0838 e. The van der Waals surface area contributed by atoms with Crippen molar-refractivity contribution in [1.29, 1.82) is 0 Å². The summed E-state index contributed by atoms with van der Waals surface area (Å²) >= 11 is 0. The van der Waals surface area contributed by atoms with Crippen molar-refractivity contribution >= 4 is 20.1 Å². The van der Waals surface area contributed by atoms with E-state index in [9.17, 15) is 0 Å². The number of fused-ring (bicyclic) bond motifs is 2. The van der Waals surface area contributed by atoms with Crippen LogP contribution in [0.1, 0.15) is 126 Å². The summed E-state index contributed by atoms with van der Waals surface area (Å²) in [6.07, 6.45) is 10.7. The predicted molar refractivity (Wildman–Crippen MR) is 212 cm³/mol. The summed E-state index contributed by atoms with van der Waals surface area (Å²) in [6.45, 7) is 18.8. The Morgan fingerprint density at radius 1 is 0.646 bits per heavy atom. The summed E-state index contributed by atoms with van der Waals surface area (Å²) < 4.78 is 0. The minimum atomic E-state index is -1.57. The van der Waals surface area contributed by atoms with E-state index in [-0.39, 0.29) is 10.8 Å². The zero-order chi connectivity index (χ0) is 33.8. The molecular formula is C47H56Si. The van der Waals surface area contributed by atoms with Crippen molar-refractivity contribution in [3.8, 4) is 22.3 Å². The molecule has 0 N–H and O–H groups in total. The predicted octanol–water partition coefficient (Wildman–Crippen LogP) is 13.0. The monoisotopic (exact) mass is 648 g/mol. The van der Waals surface area contributed by atoms with Gasteiger partial charge >= 0.3 is 0 Å². The normalized spacial score (nSPS) is 18.9. The number of hydrogen-bond acceptors (Lipinski definition) is 0. The molecule has 0 bridgehead atoms. The Bertz CT molecular complexity index is 1860. The molecule has 2 atom stereocenters. The van der Waals surface area contributed by atoms with Crippen LogP contribution in [0, 0.1) is 5.92 Å². The van der Waals surface area contributed by atoms with E-state index in [1.54, 1.807) is 33.0 Å². The van der Waals surface area contributed by atoms with Crippen LogP contribution in [-0.4, -0.2) is 8.80 Å². The van der Waals surface area contributed by atoms with Crippen LogP contribution in [0.25, 0.3) is 33.5 Å². The Kier molecular flexibility index (Phi) is 8.82. The smallest absolute Gasteiger partial charge is 0.0693 e. The van der Waals surface area contributed by atoms with Crippen LogP contribution >= 0.6 is 0 Å². The van der Waals surface area contributed by atoms with Crippen molar-refractivity contribution in [1.82, 2.24) is 0 Å². The first kappa shape index (κ1) is 33.1. The topological polar surface area (TPSA) is 0 Å². The molecule has 48 heavy (non-hydrogen) atoms. The highest BCUT2D eigenvalue weighted by Crippen LogP contribution is 2.52. The van der Waals surface area contributed by atoms with Gasteiger partial charge in [0.1, 0.15) is 0 Å². The lowest BCUT2D eigenvalue weighted by atomic mass is 9.85. The van der Waals surface area contributed by atoms with Crippen molar-refractivity contribution in [2.75, 3.05) is 0 Å². The van der Waals surface area contributed by atoms with Crippen LogP contribution in [0.3, 0.4) is 0 Å². The minimum absolute atomic E-state index is 0.153. The number of hydrogen-bond donors (Lipinski definition) is 0. The summed E-state index contributed by atoms with van der Waals surface area (Å²) in [5.74, 6) is 0.855. The zero-order valence-corrected chi connectivity index (χ0v) is 32.0. The lowest BCUT2D eigenvalue weighted by Crippen LogP contribution is -2.30. The molecule has 0 saturated heterocycles. The summed E-state index contributed by atoms with van der Waals surface area (Å²) in [5.41, 5.74) is 18.7. The molecule has 248 valence electrons. The third-order valence-corrected chi connectivity index (χ3v) is 16.2. The Balaban J connectivity index is 1.37. The van der Waals surface area contributed by atoms with E-state index >= 15 is 0 Å². The molecule has 1 heteroatoms. The first-order valence-electron chi connectivity index (χ1n) is 18.7. The Morgan fingerprint density at radius 2 is 1.21 bits per heavy atom. The molecule has 0 aliphatic heterocycles. The van der Waals surface area contributed by atoms with Crippen molar-refractivity contribution in [2.24, 2.45) is 5.92 Å². The van der Waals surface area contributed by atoms with E-state index in [0.717, 1.165) is 12.3 Å². The first-order valence-corrected chi connectivity index (χ1v) is 20.8. The Hall–Kier alpha value is -3.42. The molecule has 3 aliphatic rings. The summed E-state index contributed by atoms with van der Waals surface area (Å²) in [4.78, 5) is 0. The van der Waals surface area contributed by atoms with Crippen molar-refractivity contribution < 1.29 is 0 Å². The molecule has 1 fully saturated rings. The van der Waals surface area contributed by atoms with Gasteiger partial charge in [0.25, 0.3) is 0 Å². The van der Waals surface area contributed by atoms with E-state index in [2.05, 4.69) is 146 Å². The van der Waals surface area contributed by atoms with Gasteiger partial charge in [0.2, 0.25) is 0 Å². The van der Waals surface area contributed by atoms with E-state index in [1.165, 1.54) is 77.1 Å². The molecule has 0 heterocycles. The zero-order valence-electron chi connectivity index (χ0n) is 30.8. The molecule has 1 saturated carbocycles. The van der Waals surface area contributed by atoms with Crippen molar-refractivity contribution in [3.63, 3.8) is 0 Å². The maximum atomic E-state index is 2.55. The largest absolute Gasteiger partial charge is 0.0838 e.